The van der Waals surface area contributed by atoms with E-state index in [0.29, 0.717) is 17.6 Å². The van der Waals surface area contributed by atoms with Crippen LogP contribution in [0.3, 0.4) is 0 Å². The van der Waals surface area contributed by atoms with Gasteiger partial charge >= 0.3 is 0 Å². The van der Waals surface area contributed by atoms with Crippen molar-refractivity contribution >= 4 is 34.1 Å². The van der Waals surface area contributed by atoms with E-state index in [1.165, 1.54) is 16.7 Å². The average Bonchev–Trinajstić information content (AvgIpc) is 3.83. The Labute approximate surface area is 331 Å². The van der Waals surface area contributed by atoms with Crippen molar-refractivity contribution in [2.24, 2.45) is 0 Å². The lowest BCUT2D eigenvalue weighted by molar-refractivity contribution is 0.910. The molecule has 268 valence electrons. The molecule has 0 N–H and O–H groups in total. The molecule has 1 aliphatic heterocycles. The van der Waals surface area contributed by atoms with Crippen molar-refractivity contribution in [3.8, 4) is 63.3 Å². The molecule has 1 aliphatic rings. The first-order chi connectivity index (χ1) is 28.2. The Morgan fingerprint density at radius 3 is 1.61 bits per heavy atom. The van der Waals surface area contributed by atoms with Crippen molar-refractivity contribution in [2.45, 2.75) is 6.42 Å². The number of benzene rings is 7. The number of terminal acetylenes is 1. The van der Waals surface area contributed by atoms with Crippen LogP contribution >= 0.6 is 0 Å². The lowest BCUT2D eigenvalue weighted by Gasteiger charge is -2.22. The summed E-state index contributed by atoms with van der Waals surface area (Å²) in [5.74, 6) is 4.53. The maximum absolute atomic E-state index is 6.21. The smallest absolute Gasteiger partial charge is 0.238 e. The molecule has 0 atom stereocenters. The minimum Gasteiger partial charge on any atom is -0.313 e. The van der Waals surface area contributed by atoms with Gasteiger partial charge in [0.25, 0.3) is 0 Å². The monoisotopic (exact) mass is 729 g/mol. The van der Waals surface area contributed by atoms with Crippen molar-refractivity contribution < 1.29 is 0 Å². The number of aromatic nitrogens is 4. The Morgan fingerprint density at radius 1 is 0.491 bits per heavy atom. The summed E-state index contributed by atoms with van der Waals surface area (Å²) in [7, 11) is 0. The van der Waals surface area contributed by atoms with Crippen LogP contribution in [0.15, 0.2) is 188 Å². The minimum absolute atomic E-state index is 0.491. The minimum atomic E-state index is 0.491. The van der Waals surface area contributed by atoms with Gasteiger partial charge in [0.1, 0.15) is 0 Å². The van der Waals surface area contributed by atoms with E-state index in [1.807, 2.05) is 48.5 Å². The molecule has 0 radical (unpaired) electrons. The Bertz CT molecular complexity index is 3070. The molecule has 0 fully saturated rings. The Morgan fingerprint density at radius 2 is 0.982 bits per heavy atom. The van der Waals surface area contributed by atoms with Gasteiger partial charge in [0.05, 0.1) is 10.9 Å². The van der Waals surface area contributed by atoms with Gasteiger partial charge in [-0.3, -0.25) is 4.57 Å². The summed E-state index contributed by atoms with van der Waals surface area (Å²) in [5, 5.41) is 2.94. The molecule has 7 aromatic carbocycles. The molecular weight excluding hydrogens is 695 g/mol. The van der Waals surface area contributed by atoms with Gasteiger partial charge in [-0.05, 0) is 52.1 Å². The number of rotatable bonds is 6. The maximum Gasteiger partial charge on any atom is 0.238 e. The van der Waals surface area contributed by atoms with E-state index in [2.05, 4.69) is 161 Å². The summed E-state index contributed by atoms with van der Waals surface area (Å²) in [6, 6.07) is 65.2. The van der Waals surface area contributed by atoms with Crippen molar-refractivity contribution in [3.05, 3.63) is 204 Å². The summed E-state index contributed by atoms with van der Waals surface area (Å²) in [4.78, 5) is 17.8. The van der Waals surface area contributed by atoms with Crippen molar-refractivity contribution in [1.29, 1.82) is 0 Å². The molecule has 57 heavy (non-hydrogen) atoms. The quantitative estimate of drug-likeness (QED) is 0.160. The molecule has 0 spiro atoms. The number of para-hydroxylation sites is 2. The standard InChI is InChI=1S/C52H35N5/c1-2-16-47-49(48-35-42-23-12-14-25-45(42)56(48)43-33-31-39(32-34-43)37-19-8-4-9-20-37)44-24-13-15-26-46(44)57(47)52-54-50(40-21-10-5-11-22-40)53-51(55-52)41-29-27-38(28-30-41)36-17-6-3-7-18-36/h1,3-34H,35H2/b47-16+,49-48+. The number of fused-ring (bicyclic) bond motifs is 2. The predicted molar refractivity (Wildman–Crippen MR) is 233 cm³/mol. The van der Waals surface area contributed by atoms with Gasteiger partial charge in [-0.2, -0.15) is 9.97 Å². The fraction of sp³-hybridized carbons (Fsp3) is 0.0192. The van der Waals surface area contributed by atoms with Crippen LogP contribution in [0.2, 0.25) is 0 Å². The molecule has 0 amide bonds. The molecule has 2 aromatic heterocycles. The fourth-order valence-corrected chi connectivity index (χ4v) is 7.96. The van der Waals surface area contributed by atoms with Gasteiger partial charge in [-0.15, -0.1) is 6.42 Å². The predicted octanol–water partition coefficient (Wildman–Crippen LogP) is 10.4. The average molecular weight is 730 g/mol. The van der Waals surface area contributed by atoms with Crippen LogP contribution in [0.1, 0.15) is 5.56 Å². The molecular formula is C52H35N5. The molecule has 0 saturated heterocycles. The Balaban J connectivity index is 1.21. The molecule has 5 heteroatoms. The van der Waals surface area contributed by atoms with E-state index >= 15 is 0 Å². The number of anilines is 2. The molecule has 0 saturated carbocycles. The second-order valence-corrected chi connectivity index (χ2v) is 14.0. The molecule has 0 bridgehead atoms. The van der Waals surface area contributed by atoms with E-state index in [-0.39, 0.29) is 0 Å². The normalized spacial score (nSPS) is 13.5. The van der Waals surface area contributed by atoms with E-state index in [4.69, 9.17) is 21.4 Å². The highest BCUT2D eigenvalue weighted by atomic mass is 15.2. The van der Waals surface area contributed by atoms with Gasteiger partial charge in [-0.25, -0.2) is 4.98 Å². The first-order valence-electron chi connectivity index (χ1n) is 19.0. The lowest BCUT2D eigenvalue weighted by atomic mass is 10.0. The zero-order chi connectivity index (χ0) is 38.1. The van der Waals surface area contributed by atoms with Gasteiger partial charge in [0.15, 0.2) is 11.6 Å². The van der Waals surface area contributed by atoms with Crippen LogP contribution in [-0.4, -0.2) is 19.5 Å². The van der Waals surface area contributed by atoms with E-state index in [1.54, 1.807) is 0 Å². The summed E-state index contributed by atoms with van der Waals surface area (Å²) in [6.07, 6.45) is 8.78. The largest absolute Gasteiger partial charge is 0.313 e. The topological polar surface area (TPSA) is 46.8 Å². The Kier molecular flexibility index (Phi) is 8.55. The molecule has 0 unspecified atom stereocenters. The first-order valence-corrected chi connectivity index (χ1v) is 19.0. The molecule has 0 aliphatic carbocycles. The summed E-state index contributed by atoms with van der Waals surface area (Å²) in [5.41, 5.74) is 12.0. The fourth-order valence-electron chi connectivity index (χ4n) is 7.96. The zero-order valence-corrected chi connectivity index (χ0v) is 31.0. The third-order valence-corrected chi connectivity index (χ3v) is 10.6. The van der Waals surface area contributed by atoms with Crippen molar-refractivity contribution in [1.82, 2.24) is 19.5 Å². The van der Waals surface area contributed by atoms with E-state index in [9.17, 15) is 0 Å². The van der Waals surface area contributed by atoms with Crippen LogP contribution in [0.25, 0.3) is 73.7 Å². The van der Waals surface area contributed by atoms with Crippen molar-refractivity contribution in [2.75, 3.05) is 4.90 Å². The van der Waals surface area contributed by atoms with Crippen LogP contribution in [-0.2, 0) is 6.42 Å². The lowest BCUT2D eigenvalue weighted by Crippen LogP contribution is -2.34. The third-order valence-electron chi connectivity index (χ3n) is 10.6. The number of hydrogen-bond acceptors (Lipinski definition) is 4. The van der Waals surface area contributed by atoms with E-state index < -0.39 is 0 Å². The third kappa shape index (κ3) is 6.16. The summed E-state index contributed by atoms with van der Waals surface area (Å²) >= 11 is 0. The Hall–Kier alpha value is -7.81. The summed E-state index contributed by atoms with van der Waals surface area (Å²) in [6.45, 7) is 0. The second kappa shape index (κ2) is 14.4. The molecule has 5 nitrogen and oxygen atoms in total. The van der Waals surface area contributed by atoms with Crippen LogP contribution in [0, 0.1) is 12.3 Å². The molecule has 3 heterocycles. The van der Waals surface area contributed by atoms with E-state index in [0.717, 1.165) is 67.2 Å². The highest BCUT2D eigenvalue weighted by molar-refractivity contribution is 5.94. The van der Waals surface area contributed by atoms with Crippen LogP contribution in [0.4, 0.5) is 11.4 Å². The molecule has 10 rings (SSSR count). The maximum atomic E-state index is 6.21. The van der Waals surface area contributed by atoms with Crippen molar-refractivity contribution in [3.63, 3.8) is 0 Å². The highest BCUT2D eigenvalue weighted by Crippen LogP contribution is 2.41. The molecule has 9 aromatic rings. The van der Waals surface area contributed by atoms with Crippen LogP contribution in [0.5, 0.6) is 0 Å². The van der Waals surface area contributed by atoms with Gasteiger partial charge < -0.3 is 4.90 Å². The SMILES string of the molecule is C#C/C=c1\c(=C2/Cc3ccccc3N2c2ccc(-c3ccccc3)cc2)c2ccccc2n1-c1nc(-c2ccccc2)nc(-c2ccc(-c3ccccc3)cc2)n1. The zero-order valence-electron chi connectivity index (χ0n) is 31.0. The second-order valence-electron chi connectivity index (χ2n) is 14.0. The van der Waals surface area contributed by atoms with Gasteiger partial charge in [-0.1, -0.05) is 170 Å². The number of hydrogen-bond donors (Lipinski definition) is 0. The first kappa shape index (κ1) is 33.7. The number of nitrogens with zero attached hydrogens (tertiary/aromatic N) is 5. The van der Waals surface area contributed by atoms with Crippen LogP contribution < -0.4 is 15.5 Å². The van der Waals surface area contributed by atoms with Gasteiger partial charge in [0, 0.05) is 51.3 Å². The van der Waals surface area contributed by atoms with Gasteiger partial charge in [0.2, 0.25) is 5.95 Å². The highest BCUT2D eigenvalue weighted by Gasteiger charge is 2.28. The summed E-state index contributed by atoms with van der Waals surface area (Å²) < 4.78 is 2.10.